The first-order valence-electron chi connectivity index (χ1n) is 7.10. The number of nitrogens with zero attached hydrogens (tertiary/aromatic N) is 2. The molecular formula is C13H24N2O4S. The van der Waals surface area contributed by atoms with Crippen molar-refractivity contribution in [2.75, 3.05) is 32.4 Å². The second kappa shape index (κ2) is 5.27. The minimum absolute atomic E-state index is 0.0244. The number of rotatable bonds is 3. The van der Waals surface area contributed by atoms with E-state index in [4.69, 9.17) is 0 Å². The van der Waals surface area contributed by atoms with Crippen molar-refractivity contribution >= 4 is 15.9 Å². The molecule has 20 heavy (non-hydrogen) atoms. The highest BCUT2D eigenvalue weighted by Crippen LogP contribution is 2.31. The first kappa shape index (κ1) is 15.7. The molecule has 0 aromatic carbocycles. The van der Waals surface area contributed by atoms with Crippen LogP contribution in [0, 0.1) is 11.8 Å². The number of piperidine rings is 1. The zero-order valence-corrected chi connectivity index (χ0v) is 13.2. The van der Waals surface area contributed by atoms with Crippen LogP contribution in [0.2, 0.25) is 0 Å². The fraction of sp³-hybridized carbons (Fsp3) is 0.923. The van der Waals surface area contributed by atoms with Gasteiger partial charge in [0.1, 0.15) is 5.60 Å². The Morgan fingerprint density at radius 2 is 1.95 bits per heavy atom. The van der Waals surface area contributed by atoms with Gasteiger partial charge in [0.15, 0.2) is 0 Å². The van der Waals surface area contributed by atoms with E-state index in [2.05, 4.69) is 0 Å². The molecule has 0 aliphatic carbocycles. The molecule has 2 fully saturated rings. The van der Waals surface area contributed by atoms with Crippen molar-refractivity contribution in [1.82, 2.24) is 9.21 Å². The summed E-state index contributed by atoms with van der Waals surface area (Å²) >= 11 is 0. The number of carbonyl (C=O) groups excluding carboxylic acids is 1. The van der Waals surface area contributed by atoms with E-state index < -0.39 is 15.6 Å². The minimum atomic E-state index is -3.23. The Morgan fingerprint density at radius 1 is 1.35 bits per heavy atom. The number of hydrogen-bond acceptors (Lipinski definition) is 4. The molecule has 2 rings (SSSR count). The van der Waals surface area contributed by atoms with E-state index in [9.17, 15) is 18.3 Å². The van der Waals surface area contributed by atoms with Crippen LogP contribution in [0.3, 0.4) is 0 Å². The van der Waals surface area contributed by atoms with Crippen LogP contribution in [-0.4, -0.2) is 66.7 Å². The van der Waals surface area contributed by atoms with Crippen LogP contribution in [-0.2, 0) is 14.8 Å². The Morgan fingerprint density at radius 3 is 2.45 bits per heavy atom. The van der Waals surface area contributed by atoms with Gasteiger partial charge in [-0.15, -0.1) is 0 Å². The average molecular weight is 304 g/mol. The first-order chi connectivity index (χ1) is 9.13. The Kier molecular flexibility index (Phi) is 4.15. The summed E-state index contributed by atoms with van der Waals surface area (Å²) in [7, 11) is -3.23. The minimum Gasteiger partial charge on any atom is -0.386 e. The van der Waals surface area contributed by atoms with Gasteiger partial charge in [-0.1, -0.05) is 13.8 Å². The third-order valence-corrected chi connectivity index (χ3v) is 5.79. The summed E-state index contributed by atoms with van der Waals surface area (Å²) in [5, 5.41) is 10.2. The lowest BCUT2D eigenvalue weighted by atomic mass is 9.82. The van der Waals surface area contributed by atoms with Gasteiger partial charge in [-0.2, -0.15) is 0 Å². The van der Waals surface area contributed by atoms with Gasteiger partial charge >= 0.3 is 0 Å². The number of hydrogen-bond donors (Lipinski definition) is 1. The molecule has 6 nitrogen and oxygen atoms in total. The van der Waals surface area contributed by atoms with Gasteiger partial charge in [0.2, 0.25) is 15.9 Å². The summed E-state index contributed by atoms with van der Waals surface area (Å²) in [5.74, 6) is -0.177. The Labute approximate surface area is 120 Å². The molecule has 0 spiro atoms. The number of likely N-dealkylation sites (tertiary alicyclic amines) is 1. The molecule has 1 unspecified atom stereocenters. The lowest BCUT2D eigenvalue weighted by Crippen LogP contribution is -2.67. The molecule has 2 heterocycles. The summed E-state index contributed by atoms with van der Waals surface area (Å²) < 4.78 is 24.5. The van der Waals surface area contributed by atoms with Crippen molar-refractivity contribution in [3.05, 3.63) is 0 Å². The van der Waals surface area contributed by atoms with E-state index >= 15 is 0 Å². The molecule has 2 aliphatic rings. The van der Waals surface area contributed by atoms with Crippen molar-refractivity contribution in [1.29, 1.82) is 0 Å². The summed E-state index contributed by atoms with van der Waals surface area (Å²) in [6, 6.07) is 0. The monoisotopic (exact) mass is 304 g/mol. The highest BCUT2D eigenvalue weighted by Gasteiger charge is 2.47. The van der Waals surface area contributed by atoms with Gasteiger partial charge in [-0.25, -0.2) is 12.7 Å². The molecule has 2 saturated heterocycles. The number of amides is 1. The normalized spacial score (nSPS) is 27.4. The van der Waals surface area contributed by atoms with E-state index in [0.717, 1.165) is 6.42 Å². The third-order valence-electron chi connectivity index (χ3n) is 4.52. The van der Waals surface area contributed by atoms with Crippen molar-refractivity contribution in [3.8, 4) is 0 Å². The van der Waals surface area contributed by atoms with E-state index in [-0.39, 0.29) is 24.3 Å². The molecule has 1 atom stereocenters. The highest BCUT2D eigenvalue weighted by atomic mass is 32.2. The van der Waals surface area contributed by atoms with E-state index in [1.54, 1.807) is 4.90 Å². The fourth-order valence-corrected chi connectivity index (χ4v) is 3.75. The maximum Gasteiger partial charge on any atom is 0.227 e. The third kappa shape index (κ3) is 2.99. The Hall–Kier alpha value is -0.660. The predicted molar refractivity (Wildman–Crippen MR) is 75.5 cm³/mol. The molecule has 1 amide bonds. The molecule has 1 N–H and O–H groups in total. The number of carbonyl (C=O) groups is 1. The summed E-state index contributed by atoms with van der Waals surface area (Å²) in [4.78, 5) is 14.0. The standard InChI is InChI=1S/C13H24N2O4S/c1-10(2)13(17)8-14(9-13)12(16)11-5-4-6-15(7-11)20(3,18)19/h10-11,17H,4-9H2,1-3H3. The van der Waals surface area contributed by atoms with E-state index in [1.165, 1.54) is 10.6 Å². The summed E-state index contributed by atoms with van der Waals surface area (Å²) in [5.41, 5.74) is -0.777. The first-order valence-corrected chi connectivity index (χ1v) is 8.94. The molecule has 0 aromatic heterocycles. The topological polar surface area (TPSA) is 77.9 Å². The van der Waals surface area contributed by atoms with E-state index in [0.29, 0.717) is 26.1 Å². The molecule has 0 radical (unpaired) electrons. The second-order valence-corrected chi connectivity index (χ2v) is 8.40. The predicted octanol–water partition coefficient (Wildman–Crippen LogP) is -0.113. The number of β-amino-alcohol motifs (C(OH)–C–C–N with tert-alkyl or cyclic N) is 1. The Bertz CT molecular complexity index is 483. The average Bonchev–Trinajstić information content (AvgIpc) is 2.33. The molecule has 0 aromatic rings. The van der Waals surface area contributed by atoms with Gasteiger partial charge in [-0.3, -0.25) is 4.79 Å². The van der Waals surface area contributed by atoms with Crippen molar-refractivity contribution in [3.63, 3.8) is 0 Å². The second-order valence-electron chi connectivity index (χ2n) is 6.41. The lowest BCUT2D eigenvalue weighted by Gasteiger charge is -2.50. The maximum atomic E-state index is 12.4. The van der Waals surface area contributed by atoms with Gasteiger partial charge in [-0.05, 0) is 18.8 Å². The molecular weight excluding hydrogens is 280 g/mol. The van der Waals surface area contributed by atoms with Gasteiger partial charge in [0, 0.05) is 13.1 Å². The van der Waals surface area contributed by atoms with Crippen LogP contribution >= 0.6 is 0 Å². The zero-order chi connectivity index (χ0) is 15.1. The quantitative estimate of drug-likeness (QED) is 0.789. The van der Waals surface area contributed by atoms with Crippen molar-refractivity contribution in [2.24, 2.45) is 11.8 Å². The molecule has 7 heteroatoms. The van der Waals surface area contributed by atoms with Gasteiger partial charge < -0.3 is 10.0 Å². The van der Waals surface area contributed by atoms with Crippen molar-refractivity contribution < 1.29 is 18.3 Å². The molecule has 0 saturated carbocycles. The van der Waals surface area contributed by atoms with Crippen LogP contribution in [0.1, 0.15) is 26.7 Å². The Balaban J connectivity index is 1.94. The van der Waals surface area contributed by atoms with Gasteiger partial charge in [0.25, 0.3) is 0 Å². The van der Waals surface area contributed by atoms with Crippen LogP contribution in [0.25, 0.3) is 0 Å². The van der Waals surface area contributed by atoms with Crippen LogP contribution in [0.4, 0.5) is 0 Å². The summed E-state index contributed by atoms with van der Waals surface area (Å²) in [6.45, 7) is 5.37. The van der Waals surface area contributed by atoms with Crippen LogP contribution in [0.5, 0.6) is 0 Å². The zero-order valence-electron chi connectivity index (χ0n) is 12.4. The number of aliphatic hydroxyl groups is 1. The van der Waals surface area contributed by atoms with Crippen LogP contribution < -0.4 is 0 Å². The SMILES string of the molecule is CC(C)C1(O)CN(C(=O)C2CCCN(S(C)(=O)=O)C2)C1. The van der Waals surface area contributed by atoms with E-state index in [1.807, 2.05) is 13.8 Å². The lowest BCUT2D eigenvalue weighted by molar-refractivity contribution is -0.168. The summed E-state index contributed by atoms with van der Waals surface area (Å²) in [6.07, 6.45) is 2.62. The molecule has 0 bridgehead atoms. The largest absolute Gasteiger partial charge is 0.386 e. The smallest absolute Gasteiger partial charge is 0.227 e. The molecule has 2 aliphatic heterocycles. The maximum absolute atomic E-state index is 12.4. The highest BCUT2D eigenvalue weighted by molar-refractivity contribution is 7.88. The van der Waals surface area contributed by atoms with Crippen molar-refractivity contribution in [2.45, 2.75) is 32.3 Å². The fourth-order valence-electron chi connectivity index (χ4n) is 2.84. The van der Waals surface area contributed by atoms with Crippen LogP contribution in [0.15, 0.2) is 0 Å². The molecule has 116 valence electrons. The van der Waals surface area contributed by atoms with Gasteiger partial charge in [0.05, 0.1) is 25.3 Å². The number of sulfonamides is 1.